The fourth-order valence-electron chi connectivity index (χ4n) is 2.41. The quantitative estimate of drug-likeness (QED) is 0.804. The maximum Gasteiger partial charge on any atom is 0.337 e. The van der Waals surface area contributed by atoms with Crippen molar-refractivity contribution in [3.63, 3.8) is 0 Å². The third-order valence-electron chi connectivity index (χ3n) is 3.52. The van der Waals surface area contributed by atoms with Gasteiger partial charge in [0.05, 0.1) is 32.0 Å². The minimum Gasteiger partial charge on any atom is -0.465 e. The monoisotopic (exact) mass is 285 g/mol. The minimum absolute atomic E-state index is 0.0834. The van der Waals surface area contributed by atoms with Crippen LogP contribution in [0.15, 0.2) is 36.5 Å². The molecule has 0 fully saturated rings. The first-order chi connectivity index (χ1) is 10.2. The van der Waals surface area contributed by atoms with Gasteiger partial charge in [-0.1, -0.05) is 12.1 Å². The topological polar surface area (TPSA) is 64.4 Å². The van der Waals surface area contributed by atoms with E-state index in [0.29, 0.717) is 25.1 Å². The molecule has 1 aliphatic rings. The second kappa shape index (κ2) is 5.40. The normalized spacial score (nSPS) is 14.0. The van der Waals surface area contributed by atoms with E-state index >= 15 is 0 Å². The van der Waals surface area contributed by atoms with Crippen LogP contribution in [0.4, 0.5) is 5.82 Å². The molecule has 2 aromatic rings. The SMILES string of the molecule is COC(=O)c1ccc(CN2C(=O)CCn3nccc32)cc1. The van der Waals surface area contributed by atoms with Gasteiger partial charge in [-0.2, -0.15) is 5.10 Å². The molecule has 6 nitrogen and oxygen atoms in total. The Hall–Kier alpha value is -2.63. The molecule has 0 saturated heterocycles. The Morgan fingerprint density at radius 3 is 2.76 bits per heavy atom. The van der Waals surface area contributed by atoms with Gasteiger partial charge in [-0.05, 0) is 17.7 Å². The van der Waals surface area contributed by atoms with Gasteiger partial charge in [-0.3, -0.25) is 9.69 Å². The Bertz CT molecular complexity index is 676. The first-order valence-corrected chi connectivity index (χ1v) is 6.68. The van der Waals surface area contributed by atoms with Crippen molar-refractivity contribution in [1.29, 1.82) is 0 Å². The molecule has 2 heterocycles. The highest BCUT2D eigenvalue weighted by atomic mass is 16.5. The first kappa shape index (κ1) is 13.4. The molecular formula is C15H15N3O3. The van der Waals surface area contributed by atoms with Crippen molar-refractivity contribution in [3.05, 3.63) is 47.7 Å². The molecule has 0 atom stereocenters. The van der Waals surface area contributed by atoms with Crippen LogP contribution in [0.25, 0.3) is 0 Å². The molecule has 21 heavy (non-hydrogen) atoms. The van der Waals surface area contributed by atoms with Gasteiger partial charge in [-0.15, -0.1) is 0 Å². The fourth-order valence-corrected chi connectivity index (χ4v) is 2.41. The number of carbonyl (C=O) groups excluding carboxylic acids is 2. The van der Waals surface area contributed by atoms with E-state index < -0.39 is 0 Å². The fraction of sp³-hybridized carbons (Fsp3) is 0.267. The summed E-state index contributed by atoms with van der Waals surface area (Å²) in [5, 5.41) is 4.19. The summed E-state index contributed by atoms with van der Waals surface area (Å²) in [4.78, 5) is 25.2. The predicted octanol–water partition coefficient (Wildman–Crippen LogP) is 1.61. The van der Waals surface area contributed by atoms with Crippen LogP contribution < -0.4 is 4.90 Å². The molecule has 0 N–H and O–H groups in total. The number of fused-ring (bicyclic) bond motifs is 1. The molecule has 0 saturated carbocycles. The number of amides is 1. The molecule has 0 bridgehead atoms. The molecule has 0 radical (unpaired) electrons. The minimum atomic E-state index is -0.367. The van der Waals surface area contributed by atoms with Gasteiger partial charge >= 0.3 is 5.97 Å². The van der Waals surface area contributed by atoms with E-state index in [2.05, 4.69) is 9.84 Å². The van der Waals surface area contributed by atoms with Gasteiger partial charge in [0, 0.05) is 12.5 Å². The summed E-state index contributed by atoms with van der Waals surface area (Å²) < 4.78 is 6.49. The summed E-state index contributed by atoms with van der Waals surface area (Å²) in [5.74, 6) is 0.525. The van der Waals surface area contributed by atoms with Crippen LogP contribution in [-0.4, -0.2) is 28.8 Å². The smallest absolute Gasteiger partial charge is 0.337 e. The van der Waals surface area contributed by atoms with Crippen LogP contribution in [0.1, 0.15) is 22.3 Å². The standard InChI is InChI=1S/C15H15N3O3/c1-21-15(20)12-4-2-11(3-5-12)10-17-13-6-8-16-18(13)9-7-14(17)19/h2-6,8H,7,9-10H2,1H3. The summed E-state index contributed by atoms with van der Waals surface area (Å²) in [6.07, 6.45) is 2.15. The zero-order valence-corrected chi connectivity index (χ0v) is 11.7. The van der Waals surface area contributed by atoms with E-state index in [1.54, 1.807) is 23.2 Å². The van der Waals surface area contributed by atoms with Crippen molar-refractivity contribution in [2.75, 3.05) is 12.0 Å². The average Bonchev–Trinajstić information content (AvgIpc) is 2.99. The lowest BCUT2D eigenvalue weighted by Crippen LogP contribution is -2.36. The predicted molar refractivity (Wildman–Crippen MR) is 75.8 cm³/mol. The summed E-state index contributed by atoms with van der Waals surface area (Å²) in [7, 11) is 1.35. The average molecular weight is 285 g/mol. The highest BCUT2D eigenvalue weighted by molar-refractivity contribution is 5.93. The van der Waals surface area contributed by atoms with Crippen molar-refractivity contribution >= 4 is 17.7 Å². The van der Waals surface area contributed by atoms with Crippen LogP contribution in [-0.2, 0) is 22.6 Å². The van der Waals surface area contributed by atoms with Crippen molar-refractivity contribution in [2.24, 2.45) is 0 Å². The van der Waals surface area contributed by atoms with Crippen molar-refractivity contribution in [3.8, 4) is 0 Å². The summed E-state index contributed by atoms with van der Waals surface area (Å²) in [5.41, 5.74) is 1.45. The number of carbonyl (C=O) groups is 2. The van der Waals surface area contributed by atoms with Crippen LogP contribution >= 0.6 is 0 Å². The Labute approximate surface area is 121 Å². The number of rotatable bonds is 3. The van der Waals surface area contributed by atoms with Gasteiger partial charge in [-0.25, -0.2) is 9.48 Å². The van der Waals surface area contributed by atoms with E-state index in [1.807, 2.05) is 22.9 Å². The highest BCUT2D eigenvalue weighted by Crippen LogP contribution is 2.22. The number of hydrogen-bond acceptors (Lipinski definition) is 4. The number of hydrogen-bond donors (Lipinski definition) is 0. The molecule has 3 rings (SSSR count). The molecule has 0 spiro atoms. The molecule has 108 valence electrons. The first-order valence-electron chi connectivity index (χ1n) is 6.68. The Balaban J connectivity index is 1.81. The Kier molecular flexibility index (Phi) is 3.43. The molecule has 1 aromatic heterocycles. The number of aryl methyl sites for hydroxylation is 1. The lowest BCUT2D eigenvalue weighted by atomic mass is 10.1. The third kappa shape index (κ3) is 2.52. The summed E-state index contributed by atoms with van der Waals surface area (Å²) in [6, 6.07) is 8.89. The Morgan fingerprint density at radius 2 is 2.05 bits per heavy atom. The summed E-state index contributed by atoms with van der Waals surface area (Å²) >= 11 is 0. The molecule has 6 heteroatoms. The van der Waals surface area contributed by atoms with Crippen molar-refractivity contribution in [2.45, 2.75) is 19.5 Å². The van der Waals surface area contributed by atoms with Gasteiger partial charge < -0.3 is 4.74 Å². The molecule has 1 aromatic carbocycles. The molecule has 0 aliphatic carbocycles. The van der Waals surface area contributed by atoms with Gasteiger partial charge in [0.25, 0.3) is 0 Å². The van der Waals surface area contributed by atoms with Crippen LogP contribution in [0.5, 0.6) is 0 Å². The van der Waals surface area contributed by atoms with Crippen LogP contribution in [0, 0.1) is 0 Å². The van der Waals surface area contributed by atoms with Crippen LogP contribution in [0.2, 0.25) is 0 Å². The van der Waals surface area contributed by atoms with E-state index in [4.69, 9.17) is 0 Å². The third-order valence-corrected chi connectivity index (χ3v) is 3.52. The molecule has 1 aliphatic heterocycles. The van der Waals surface area contributed by atoms with Crippen molar-refractivity contribution < 1.29 is 14.3 Å². The van der Waals surface area contributed by atoms with E-state index in [9.17, 15) is 9.59 Å². The molecule has 0 unspecified atom stereocenters. The number of ether oxygens (including phenoxy) is 1. The van der Waals surface area contributed by atoms with Gasteiger partial charge in [0.15, 0.2) is 0 Å². The van der Waals surface area contributed by atoms with E-state index in [1.165, 1.54) is 7.11 Å². The molecular weight excluding hydrogens is 270 g/mol. The van der Waals surface area contributed by atoms with Crippen LogP contribution in [0.3, 0.4) is 0 Å². The highest BCUT2D eigenvalue weighted by Gasteiger charge is 2.24. The maximum absolute atomic E-state index is 12.1. The largest absolute Gasteiger partial charge is 0.465 e. The van der Waals surface area contributed by atoms with Crippen molar-refractivity contribution in [1.82, 2.24) is 9.78 Å². The second-order valence-electron chi connectivity index (χ2n) is 4.83. The lowest BCUT2D eigenvalue weighted by Gasteiger charge is -2.27. The molecule has 1 amide bonds. The van der Waals surface area contributed by atoms with E-state index in [0.717, 1.165) is 11.4 Å². The summed E-state index contributed by atoms with van der Waals surface area (Å²) in [6.45, 7) is 1.09. The number of aromatic nitrogens is 2. The van der Waals surface area contributed by atoms with E-state index in [-0.39, 0.29) is 11.9 Å². The number of methoxy groups -OCH3 is 1. The zero-order chi connectivity index (χ0) is 14.8. The lowest BCUT2D eigenvalue weighted by molar-refractivity contribution is -0.119. The van der Waals surface area contributed by atoms with Gasteiger partial charge in [0.2, 0.25) is 5.91 Å². The maximum atomic E-state index is 12.1. The van der Waals surface area contributed by atoms with Gasteiger partial charge in [0.1, 0.15) is 5.82 Å². The number of benzene rings is 1. The Morgan fingerprint density at radius 1 is 1.29 bits per heavy atom. The second-order valence-corrected chi connectivity index (χ2v) is 4.83. The number of esters is 1. The number of nitrogens with zero attached hydrogens (tertiary/aromatic N) is 3. The zero-order valence-electron chi connectivity index (χ0n) is 11.7. The number of anilines is 1.